The number of halogens is 2. The van der Waals surface area contributed by atoms with Crippen LogP contribution in [0.15, 0.2) is 93.3 Å². The van der Waals surface area contributed by atoms with Gasteiger partial charge in [0.2, 0.25) is 0 Å². The molecule has 0 fully saturated rings. The van der Waals surface area contributed by atoms with E-state index in [2.05, 4.69) is 31.0 Å². The van der Waals surface area contributed by atoms with Gasteiger partial charge in [0.25, 0.3) is 15.9 Å². The lowest BCUT2D eigenvalue weighted by atomic mass is 10.2. The van der Waals surface area contributed by atoms with E-state index in [1.165, 1.54) is 24.3 Å². The van der Waals surface area contributed by atoms with E-state index < -0.39 is 22.5 Å². The first kappa shape index (κ1) is 29.4. The number of hydrogen-bond acceptors (Lipinski definition) is 5. The highest BCUT2D eigenvalue weighted by Crippen LogP contribution is 2.27. The van der Waals surface area contributed by atoms with Crippen molar-refractivity contribution in [1.82, 2.24) is 9.99 Å². The summed E-state index contributed by atoms with van der Waals surface area (Å²) >= 11 is 9.46. The third kappa shape index (κ3) is 6.75. The number of hydrazone groups is 1. The molecule has 40 heavy (non-hydrogen) atoms. The largest absolute Gasteiger partial charge is 0.494 e. The molecule has 208 valence electrons. The van der Waals surface area contributed by atoms with Crippen LogP contribution in [0.3, 0.4) is 0 Å². The summed E-state index contributed by atoms with van der Waals surface area (Å²) in [7, 11) is -4.10. The zero-order chi connectivity index (χ0) is 28.9. The second kappa shape index (κ2) is 12.7. The number of carbonyl (C=O) groups excluding carboxylic acids is 1. The normalized spacial score (nSPS) is 11.5. The highest BCUT2D eigenvalue weighted by molar-refractivity contribution is 9.10. The number of aryl methyl sites for hydroxylation is 1. The lowest BCUT2D eigenvalue weighted by molar-refractivity contribution is -0.119. The highest BCUT2D eigenvalue weighted by atomic mass is 79.9. The van der Waals surface area contributed by atoms with Crippen LogP contribution in [0.1, 0.15) is 23.9 Å². The van der Waals surface area contributed by atoms with Gasteiger partial charge in [0.05, 0.1) is 23.4 Å². The molecule has 1 aromatic heterocycles. The first-order valence-electron chi connectivity index (χ1n) is 12.4. The Hall–Kier alpha value is -3.60. The van der Waals surface area contributed by atoms with E-state index in [0.29, 0.717) is 23.1 Å². The average molecular weight is 644 g/mol. The number of hydrogen-bond donors (Lipinski definition) is 1. The summed E-state index contributed by atoms with van der Waals surface area (Å²) in [4.78, 5) is 12.9. The Bertz CT molecular complexity index is 1640. The van der Waals surface area contributed by atoms with Gasteiger partial charge < -0.3 is 9.30 Å². The Morgan fingerprint density at radius 2 is 1.77 bits per heavy atom. The molecule has 0 atom stereocenters. The number of nitrogens with one attached hydrogen (secondary N) is 1. The summed E-state index contributed by atoms with van der Waals surface area (Å²) in [6.07, 6.45) is 1.55. The molecule has 4 aromatic rings. The molecule has 4 rings (SSSR count). The number of sulfonamides is 1. The molecule has 11 heteroatoms. The zero-order valence-electron chi connectivity index (χ0n) is 22.1. The Balaban J connectivity index is 1.56. The molecule has 0 saturated heterocycles. The van der Waals surface area contributed by atoms with Gasteiger partial charge in [0.15, 0.2) is 0 Å². The second-order valence-corrected chi connectivity index (χ2v) is 12.0. The number of aromatic nitrogens is 1. The zero-order valence-corrected chi connectivity index (χ0v) is 25.3. The molecule has 0 saturated carbocycles. The van der Waals surface area contributed by atoms with E-state index >= 15 is 0 Å². The predicted octanol–water partition coefficient (Wildman–Crippen LogP) is 6.25. The molecule has 3 aromatic carbocycles. The van der Waals surface area contributed by atoms with Crippen molar-refractivity contribution < 1.29 is 17.9 Å². The maximum absolute atomic E-state index is 13.6. The average Bonchev–Trinajstić information content (AvgIpc) is 3.20. The molecule has 1 heterocycles. The first-order chi connectivity index (χ1) is 19.1. The minimum Gasteiger partial charge on any atom is -0.494 e. The SMILES string of the molecule is CCOc1ccc(N(CC(=O)N/N=C\c2cc(C)n(-c3cccc(Br)c3)c2C)S(=O)(=O)c2ccc(Cl)cc2)cc1. The van der Waals surface area contributed by atoms with E-state index in [1.807, 2.05) is 51.1 Å². The summed E-state index contributed by atoms with van der Waals surface area (Å²) in [6, 6.07) is 22.1. The molecule has 8 nitrogen and oxygen atoms in total. The van der Waals surface area contributed by atoms with E-state index in [4.69, 9.17) is 16.3 Å². The van der Waals surface area contributed by atoms with Gasteiger partial charge in [0.1, 0.15) is 12.3 Å². The number of ether oxygens (including phenoxy) is 1. The second-order valence-electron chi connectivity index (χ2n) is 8.83. The smallest absolute Gasteiger partial charge is 0.264 e. The number of amides is 1. The van der Waals surface area contributed by atoms with Crippen molar-refractivity contribution in [2.24, 2.45) is 5.10 Å². The van der Waals surface area contributed by atoms with Crippen LogP contribution in [0.2, 0.25) is 5.02 Å². The van der Waals surface area contributed by atoms with Gasteiger partial charge in [0, 0.05) is 32.1 Å². The minimum atomic E-state index is -4.10. The summed E-state index contributed by atoms with van der Waals surface area (Å²) in [5, 5.41) is 4.51. The summed E-state index contributed by atoms with van der Waals surface area (Å²) in [5.74, 6) is -0.0203. The minimum absolute atomic E-state index is 0.00192. The van der Waals surface area contributed by atoms with E-state index in [-0.39, 0.29) is 4.90 Å². The van der Waals surface area contributed by atoms with Crippen LogP contribution < -0.4 is 14.5 Å². The molecule has 0 spiro atoms. The third-order valence-corrected chi connectivity index (χ3v) is 8.59. The van der Waals surface area contributed by atoms with E-state index in [1.54, 1.807) is 30.5 Å². The van der Waals surface area contributed by atoms with Crippen molar-refractivity contribution in [2.75, 3.05) is 17.5 Å². The predicted molar refractivity (Wildman–Crippen MR) is 162 cm³/mol. The van der Waals surface area contributed by atoms with Crippen LogP contribution in [0.25, 0.3) is 5.69 Å². The molecule has 1 N–H and O–H groups in total. The fourth-order valence-corrected chi connectivity index (χ4v) is 6.13. The van der Waals surface area contributed by atoms with Crippen molar-refractivity contribution in [3.05, 3.63) is 105 Å². The maximum Gasteiger partial charge on any atom is 0.264 e. The Morgan fingerprint density at radius 1 is 1.07 bits per heavy atom. The monoisotopic (exact) mass is 642 g/mol. The molecule has 0 unspecified atom stereocenters. The standard InChI is InChI=1S/C29H28BrClN4O4S/c1-4-39-27-12-10-25(11-13-27)34(40(37,38)28-14-8-24(31)9-15-28)19-29(36)33-32-18-22-16-20(2)35(21(22)3)26-7-5-6-23(30)17-26/h5-18H,4,19H2,1-3H3,(H,33,36)/b32-18-. The number of anilines is 1. The van der Waals surface area contributed by atoms with Crippen LogP contribution in [0, 0.1) is 13.8 Å². The maximum atomic E-state index is 13.6. The topological polar surface area (TPSA) is 93.0 Å². The molecule has 0 aliphatic rings. The van der Waals surface area contributed by atoms with Crippen molar-refractivity contribution in [2.45, 2.75) is 25.7 Å². The Kier molecular flexibility index (Phi) is 9.34. The van der Waals surface area contributed by atoms with Crippen LogP contribution in [-0.4, -0.2) is 38.3 Å². The van der Waals surface area contributed by atoms with E-state index in [9.17, 15) is 13.2 Å². The van der Waals surface area contributed by atoms with Gasteiger partial charge in [-0.1, -0.05) is 33.6 Å². The van der Waals surface area contributed by atoms with Crippen molar-refractivity contribution in [1.29, 1.82) is 0 Å². The molecule has 0 radical (unpaired) electrons. The van der Waals surface area contributed by atoms with Gasteiger partial charge >= 0.3 is 0 Å². The third-order valence-electron chi connectivity index (χ3n) is 6.05. The molecule has 0 aliphatic heterocycles. The quantitative estimate of drug-likeness (QED) is 0.163. The summed E-state index contributed by atoms with van der Waals surface area (Å²) in [6.45, 7) is 5.78. The first-order valence-corrected chi connectivity index (χ1v) is 15.0. The lowest BCUT2D eigenvalue weighted by Gasteiger charge is -2.24. The van der Waals surface area contributed by atoms with Crippen molar-refractivity contribution in [3.63, 3.8) is 0 Å². The molecule has 1 amide bonds. The summed E-state index contributed by atoms with van der Waals surface area (Å²) in [5.41, 5.74) is 6.51. The van der Waals surface area contributed by atoms with Crippen LogP contribution in [0.5, 0.6) is 5.75 Å². The van der Waals surface area contributed by atoms with Crippen molar-refractivity contribution in [3.8, 4) is 11.4 Å². The fourth-order valence-electron chi connectivity index (χ4n) is 4.19. The van der Waals surface area contributed by atoms with Gasteiger partial charge in [-0.2, -0.15) is 5.10 Å². The Labute approximate surface area is 247 Å². The highest BCUT2D eigenvalue weighted by Gasteiger charge is 2.27. The number of carbonyl (C=O) groups is 1. The summed E-state index contributed by atoms with van der Waals surface area (Å²) < 4.78 is 36.7. The fraction of sp³-hybridized carbons (Fsp3) is 0.172. The van der Waals surface area contributed by atoms with Crippen LogP contribution >= 0.6 is 27.5 Å². The molecule has 0 bridgehead atoms. The number of rotatable bonds is 10. The van der Waals surface area contributed by atoms with Gasteiger partial charge in [-0.3, -0.25) is 9.10 Å². The van der Waals surface area contributed by atoms with Gasteiger partial charge in [-0.05, 0) is 93.6 Å². The number of benzene rings is 3. The van der Waals surface area contributed by atoms with Gasteiger partial charge in [-0.15, -0.1) is 0 Å². The Morgan fingerprint density at radius 3 is 2.42 bits per heavy atom. The molecular weight excluding hydrogens is 616 g/mol. The van der Waals surface area contributed by atoms with Crippen LogP contribution in [0.4, 0.5) is 5.69 Å². The van der Waals surface area contributed by atoms with Crippen LogP contribution in [-0.2, 0) is 14.8 Å². The van der Waals surface area contributed by atoms with Crippen molar-refractivity contribution >= 4 is 55.4 Å². The van der Waals surface area contributed by atoms with Gasteiger partial charge in [-0.25, -0.2) is 13.8 Å². The molecular formula is C29H28BrClN4O4S. The lowest BCUT2D eigenvalue weighted by Crippen LogP contribution is -2.39. The molecule has 0 aliphatic carbocycles. The van der Waals surface area contributed by atoms with E-state index in [0.717, 1.165) is 31.4 Å². The number of nitrogens with zero attached hydrogens (tertiary/aromatic N) is 3.